The van der Waals surface area contributed by atoms with Crippen molar-refractivity contribution in [2.75, 3.05) is 0 Å². The minimum absolute atomic E-state index is 0.0107. The summed E-state index contributed by atoms with van der Waals surface area (Å²) in [5.74, 6) is -0.997. The van der Waals surface area contributed by atoms with Crippen LogP contribution >= 0.6 is 0 Å². The standard InChI is InChI=1S/C7H9NO2/c1-2-3-6(4-5-8)7(9)10/h3H,2,4H2,1H3,(H,9,10)/b6-3-. The Bertz CT molecular complexity index is 188. The first-order chi connectivity index (χ1) is 4.72. The molecule has 54 valence electrons. The minimum atomic E-state index is -0.997. The third-order valence-corrected chi connectivity index (χ3v) is 0.995. The summed E-state index contributed by atoms with van der Waals surface area (Å²) in [5.41, 5.74) is 0.185. The number of hydrogen-bond donors (Lipinski definition) is 1. The van der Waals surface area contributed by atoms with Crippen LogP contribution in [0.3, 0.4) is 0 Å². The largest absolute Gasteiger partial charge is 0.478 e. The fourth-order valence-electron chi connectivity index (χ4n) is 0.567. The maximum absolute atomic E-state index is 10.3. The number of hydrogen-bond acceptors (Lipinski definition) is 2. The van der Waals surface area contributed by atoms with Crippen molar-refractivity contribution in [2.24, 2.45) is 0 Å². The molecule has 0 saturated heterocycles. The molecule has 0 aliphatic carbocycles. The summed E-state index contributed by atoms with van der Waals surface area (Å²) in [4.78, 5) is 10.3. The van der Waals surface area contributed by atoms with Crippen LogP contribution in [0.4, 0.5) is 0 Å². The number of carbonyl (C=O) groups is 1. The maximum atomic E-state index is 10.3. The third-order valence-electron chi connectivity index (χ3n) is 0.995. The van der Waals surface area contributed by atoms with Crippen LogP contribution in [-0.4, -0.2) is 11.1 Å². The van der Waals surface area contributed by atoms with Gasteiger partial charge in [-0.1, -0.05) is 13.0 Å². The van der Waals surface area contributed by atoms with Crippen LogP contribution < -0.4 is 0 Å². The Kier molecular flexibility index (Phi) is 3.97. The summed E-state index contributed by atoms with van der Waals surface area (Å²) in [6.07, 6.45) is 2.19. The molecular weight excluding hydrogens is 130 g/mol. The summed E-state index contributed by atoms with van der Waals surface area (Å²) in [7, 11) is 0. The van der Waals surface area contributed by atoms with Crippen LogP contribution in [0.15, 0.2) is 11.6 Å². The fraction of sp³-hybridized carbons (Fsp3) is 0.429. The average Bonchev–Trinajstić information content (AvgIpc) is 1.87. The van der Waals surface area contributed by atoms with Gasteiger partial charge in [0.1, 0.15) is 0 Å². The van der Waals surface area contributed by atoms with Gasteiger partial charge in [-0.05, 0) is 6.42 Å². The van der Waals surface area contributed by atoms with E-state index in [0.717, 1.165) is 0 Å². The highest BCUT2D eigenvalue weighted by Gasteiger charge is 2.03. The van der Waals surface area contributed by atoms with E-state index < -0.39 is 5.97 Å². The highest BCUT2D eigenvalue weighted by Crippen LogP contribution is 2.00. The first-order valence-electron chi connectivity index (χ1n) is 3.01. The van der Waals surface area contributed by atoms with E-state index in [4.69, 9.17) is 10.4 Å². The molecule has 3 heteroatoms. The predicted molar refractivity (Wildman–Crippen MR) is 36.2 cm³/mol. The van der Waals surface area contributed by atoms with Gasteiger partial charge in [0, 0.05) is 5.57 Å². The number of nitrogens with zero attached hydrogens (tertiary/aromatic N) is 1. The van der Waals surface area contributed by atoms with Gasteiger partial charge >= 0.3 is 5.97 Å². The highest BCUT2D eigenvalue weighted by atomic mass is 16.4. The van der Waals surface area contributed by atoms with E-state index >= 15 is 0 Å². The predicted octanol–water partition coefficient (Wildman–Crippen LogP) is 1.32. The van der Waals surface area contributed by atoms with Crippen molar-refractivity contribution >= 4 is 5.97 Å². The van der Waals surface area contributed by atoms with Crippen LogP contribution in [0.25, 0.3) is 0 Å². The van der Waals surface area contributed by atoms with Gasteiger partial charge < -0.3 is 5.11 Å². The zero-order valence-corrected chi connectivity index (χ0v) is 5.79. The SMILES string of the molecule is CC/C=C(/CC#N)C(=O)O. The quantitative estimate of drug-likeness (QED) is 0.600. The lowest BCUT2D eigenvalue weighted by Crippen LogP contribution is -1.98. The lowest BCUT2D eigenvalue weighted by atomic mass is 10.2. The highest BCUT2D eigenvalue weighted by molar-refractivity contribution is 5.86. The van der Waals surface area contributed by atoms with Gasteiger partial charge in [-0.25, -0.2) is 4.79 Å². The van der Waals surface area contributed by atoms with E-state index in [1.54, 1.807) is 12.1 Å². The first kappa shape index (κ1) is 8.70. The molecule has 0 unspecified atom stereocenters. The van der Waals surface area contributed by atoms with Crippen molar-refractivity contribution in [1.29, 1.82) is 5.26 Å². The molecule has 0 rings (SSSR count). The van der Waals surface area contributed by atoms with E-state index in [1.165, 1.54) is 0 Å². The van der Waals surface area contributed by atoms with Gasteiger partial charge in [0.05, 0.1) is 12.5 Å². The average molecular weight is 139 g/mol. The van der Waals surface area contributed by atoms with Gasteiger partial charge in [-0.2, -0.15) is 5.26 Å². The Hall–Kier alpha value is -1.30. The van der Waals surface area contributed by atoms with Crippen molar-refractivity contribution in [3.63, 3.8) is 0 Å². The molecule has 0 aromatic rings. The minimum Gasteiger partial charge on any atom is -0.478 e. The van der Waals surface area contributed by atoms with Gasteiger partial charge in [-0.15, -0.1) is 0 Å². The van der Waals surface area contributed by atoms with Crippen molar-refractivity contribution in [1.82, 2.24) is 0 Å². The van der Waals surface area contributed by atoms with Gasteiger partial charge in [0.25, 0.3) is 0 Å². The maximum Gasteiger partial charge on any atom is 0.332 e. The van der Waals surface area contributed by atoms with Crippen LogP contribution in [0, 0.1) is 11.3 Å². The molecule has 0 amide bonds. The molecule has 0 fully saturated rings. The van der Waals surface area contributed by atoms with Crippen LogP contribution in [0.5, 0.6) is 0 Å². The molecule has 10 heavy (non-hydrogen) atoms. The normalized spacial score (nSPS) is 10.6. The lowest BCUT2D eigenvalue weighted by Gasteiger charge is -1.91. The summed E-state index contributed by atoms with van der Waals surface area (Å²) in [5, 5.41) is 16.6. The zero-order valence-electron chi connectivity index (χ0n) is 5.79. The molecule has 0 atom stereocenters. The van der Waals surface area contributed by atoms with E-state index in [2.05, 4.69) is 0 Å². The molecule has 0 saturated carbocycles. The summed E-state index contributed by atoms with van der Waals surface area (Å²) >= 11 is 0. The molecule has 1 N–H and O–H groups in total. The van der Waals surface area contributed by atoms with Crippen molar-refractivity contribution in [3.8, 4) is 6.07 Å². The Labute approximate surface area is 59.6 Å². The lowest BCUT2D eigenvalue weighted by molar-refractivity contribution is -0.132. The molecule has 0 aromatic heterocycles. The Morgan fingerprint density at radius 2 is 2.40 bits per heavy atom. The second kappa shape index (κ2) is 4.57. The molecular formula is C7H9NO2. The first-order valence-corrected chi connectivity index (χ1v) is 3.01. The second-order valence-electron chi connectivity index (χ2n) is 1.78. The number of carboxylic acid groups (broad SMARTS) is 1. The molecule has 0 bridgehead atoms. The Morgan fingerprint density at radius 3 is 2.70 bits per heavy atom. The van der Waals surface area contributed by atoms with Gasteiger partial charge in [0.15, 0.2) is 0 Å². The number of aliphatic carboxylic acids is 1. The van der Waals surface area contributed by atoms with E-state index in [0.29, 0.717) is 6.42 Å². The number of allylic oxidation sites excluding steroid dienone is 1. The Morgan fingerprint density at radius 1 is 1.80 bits per heavy atom. The van der Waals surface area contributed by atoms with Crippen LogP contribution in [0.1, 0.15) is 19.8 Å². The van der Waals surface area contributed by atoms with Crippen LogP contribution in [-0.2, 0) is 4.79 Å². The van der Waals surface area contributed by atoms with E-state index in [9.17, 15) is 4.79 Å². The molecule has 0 spiro atoms. The molecule has 3 nitrogen and oxygen atoms in total. The monoisotopic (exact) mass is 139 g/mol. The molecule has 0 aromatic carbocycles. The summed E-state index contributed by atoms with van der Waals surface area (Å²) < 4.78 is 0. The van der Waals surface area contributed by atoms with Gasteiger partial charge in [0.2, 0.25) is 0 Å². The number of rotatable bonds is 3. The summed E-state index contributed by atoms with van der Waals surface area (Å²) in [6.45, 7) is 1.83. The second-order valence-corrected chi connectivity index (χ2v) is 1.78. The van der Waals surface area contributed by atoms with E-state index in [-0.39, 0.29) is 12.0 Å². The molecule has 0 aliphatic heterocycles. The van der Waals surface area contributed by atoms with Crippen molar-refractivity contribution in [2.45, 2.75) is 19.8 Å². The number of nitriles is 1. The van der Waals surface area contributed by atoms with E-state index in [1.807, 2.05) is 6.92 Å². The Balaban J connectivity index is 4.15. The van der Waals surface area contributed by atoms with Crippen molar-refractivity contribution < 1.29 is 9.90 Å². The fourth-order valence-corrected chi connectivity index (χ4v) is 0.567. The topological polar surface area (TPSA) is 61.1 Å². The van der Waals surface area contributed by atoms with Crippen molar-refractivity contribution in [3.05, 3.63) is 11.6 Å². The molecule has 0 aliphatic rings. The molecule has 0 heterocycles. The van der Waals surface area contributed by atoms with Crippen LogP contribution in [0.2, 0.25) is 0 Å². The summed E-state index contributed by atoms with van der Waals surface area (Å²) in [6, 6.07) is 1.78. The van der Waals surface area contributed by atoms with Gasteiger partial charge in [-0.3, -0.25) is 0 Å². The number of carboxylic acids is 1. The smallest absolute Gasteiger partial charge is 0.332 e. The zero-order chi connectivity index (χ0) is 7.98. The molecule has 0 radical (unpaired) electrons. The third kappa shape index (κ3) is 2.88.